The van der Waals surface area contributed by atoms with Gasteiger partial charge in [-0.05, 0) is 0 Å². The lowest BCUT2D eigenvalue weighted by Crippen LogP contribution is 0.647. The first-order valence-electron chi connectivity index (χ1n) is 0. The molecule has 0 N–H and O–H groups in total. The van der Waals surface area contributed by atoms with E-state index in [1.807, 2.05) is 0 Å². The van der Waals surface area contributed by atoms with Crippen molar-refractivity contribution < 1.29 is 0 Å². The third-order valence-electron chi connectivity index (χ3n) is 0. The largest absolute Gasteiger partial charge is 0.197 e. The Balaban J connectivity index is 0. The first kappa shape index (κ1) is 69.3. The summed E-state index contributed by atoms with van der Waals surface area (Å²) in [4.78, 5) is 0. The van der Waals surface area contributed by atoms with Gasteiger partial charge in [0.2, 0.25) is 0 Å². The van der Waals surface area contributed by atoms with Crippen LogP contribution in [0.5, 0.6) is 0 Å². The minimum Gasteiger partial charge on any atom is -0.197 e. The van der Waals surface area contributed by atoms with E-state index in [-0.39, 0.29) is 63.9 Å². The molecule has 0 fully saturated rings. The summed E-state index contributed by atoms with van der Waals surface area (Å²) in [6, 6.07) is 0. The van der Waals surface area contributed by atoms with E-state index in [4.69, 9.17) is 0 Å². The molecule has 0 aromatic heterocycles. The normalized spacial score (nSPS) is 0. The Morgan fingerprint density at radius 3 is 0.400 bits per heavy atom. The summed E-state index contributed by atoms with van der Waals surface area (Å²) in [6.45, 7) is 0. The van der Waals surface area contributed by atoms with E-state index >= 15 is 0 Å². The smallest absolute Gasteiger partial charge is 0 e. The molecule has 0 aliphatic carbocycles. The maximum atomic E-state index is 0. The average Bonchev–Trinajstić information content (AvgIpc) is 0. The third kappa shape index (κ3) is 25.5. The second kappa shape index (κ2) is 40.6. The SMILES string of the molecule is S.S.S.S.[P]. The van der Waals surface area contributed by atoms with Crippen LogP contribution in [0, 0.1) is 0 Å². The first-order chi connectivity index (χ1) is 0. The van der Waals surface area contributed by atoms with Crippen LogP contribution in [-0.2, 0) is 0 Å². The van der Waals surface area contributed by atoms with E-state index in [1.54, 1.807) is 0 Å². The summed E-state index contributed by atoms with van der Waals surface area (Å²) in [7, 11) is 0. The fourth-order valence-electron chi connectivity index (χ4n) is 0. The van der Waals surface area contributed by atoms with Crippen LogP contribution < -0.4 is 0 Å². The van der Waals surface area contributed by atoms with Gasteiger partial charge in [-0.25, -0.2) is 0 Å². The first-order valence-corrected chi connectivity index (χ1v) is 0. The number of hydrogen-bond donors (Lipinski definition) is 0. The molecule has 0 rings (SSSR count). The average molecular weight is 167 g/mol. The predicted octanol–water partition coefficient (Wildman–Crippen LogP) is 1.31. The van der Waals surface area contributed by atoms with Gasteiger partial charge >= 0.3 is 0 Å². The van der Waals surface area contributed by atoms with Gasteiger partial charge in [0.15, 0.2) is 0 Å². The molecule has 0 nitrogen and oxygen atoms in total. The molecule has 0 aliphatic rings. The van der Waals surface area contributed by atoms with E-state index in [2.05, 4.69) is 0 Å². The van der Waals surface area contributed by atoms with E-state index in [0.29, 0.717) is 0 Å². The molecule has 0 unspecified atom stereocenters. The van der Waals surface area contributed by atoms with Crippen LogP contribution >= 0.6 is 63.9 Å². The molecule has 0 aromatic rings. The van der Waals surface area contributed by atoms with Crippen molar-refractivity contribution in [3.63, 3.8) is 0 Å². The summed E-state index contributed by atoms with van der Waals surface area (Å²) in [5, 5.41) is 0. The Labute approximate surface area is 63.9 Å². The van der Waals surface area contributed by atoms with E-state index in [0.717, 1.165) is 0 Å². The molecule has 37 valence electrons. The molecule has 0 saturated heterocycles. The number of rotatable bonds is 0. The summed E-state index contributed by atoms with van der Waals surface area (Å²) >= 11 is 0. The fraction of sp³-hybridized carbons (Fsp3) is 0. The molecule has 0 aromatic carbocycles. The molecule has 0 saturated carbocycles. The lowest BCUT2D eigenvalue weighted by atomic mass is 31.0. The standard InChI is InChI=1S/P.4H2S/h;4*1H2. The molecule has 5 heteroatoms. The van der Waals surface area contributed by atoms with Crippen LogP contribution in [0.25, 0.3) is 0 Å². The zero-order valence-electron chi connectivity index (χ0n) is 2.45. The Hall–Kier alpha value is 1.83. The third-order valence-corrected chi connectivity index (χ3v) is 0. The van der Waals surface area contributed by atoms with Gasteiger partial charge in [0, 0.05) is 9.90 Å². The van der Waals surface area contributed by atoms with Crippen LogP contribution in [0.15, 0.2) is 0 Å². The molecule has 0 spiro atoms. The van der Waals surface area contributed by atoms with Crippen LogP contribution in [0.1, 0.15) is 0 Å². The predicted molar refractivity (Wildman–Crippen MR) is 48.4 cm³/mol. The Morgan fingerprint density at radius 2 is 0.400 bits per heavy atom. The van der Waals surface area contributed by atoms with Gasteiger partial charge < -0.3 is 0 Å². The molecule has 0 atom stereocenters. The zero-order chi connectivity index (χ0) is 0. The van der Waals surface area contributed by atoms with Crippen molar-refractivity contribution in [2.45, 2.75) is 0 Å². The van der Waals surface area contributed by atoms with Crippen molar-refractivity contribution >= 4 is 63.9 Å². The summed E-state index contributed by atoms with van der Waals surface area (Å²) in [5.74, 6) is 0. The molecule has 0 heterocycles. The monoisotopic (exact) mass is 167 g/mol. The van der Waals surface area contributed by atoms with Crippen LogP contribution in [0.4, 0.5) is 0 Å². The van der Waals surface area contributed by atoms with Crippen LogP contribution in [0.2, 0.25) is 0 Å². The lowest BCUT2D eigenvalue weighted by Gasteiger charge is -0.198. The van der Waals surface area contributed by atoms with Gasteiger partial charge in [0.1, 0.15) is 0 Å². The lowest BCUT2D eigenvalue weighted by molar-refractivity contribution is 6.92. The van der Waals surface area contributed by atoms with Crippen LogP contribution in [0.3, 0.4) is 0 Å². The second-order valence-corrected chi connectivity index (χ2v) is 0. The van der Waals surface area contributed by atoms with Gasteiger partial charge in [-0.2, -0.15) is 54.0 Å². The van der Waals surface area contributed by atoms with Crippen molar-refractivity contribution in [3.8, 4) is 0 Å². The highest BCUT2D eigenvalue weighted by molar-refractivity contribution is 7.59. The van der Waals surface area contributed by atoms with Crippen molar-refractivity contribution in [1.29, 1.82) is 0 Å². The van der Waals surface area contributed by atoms with Crippen molar-refractivity contribution in [2.24, 2.45) is 0 Å². The van der Waals surface area contributed by atoms with E-state index < -0.39 is 0 Å². The fourth-order valence-corrected chi connectivity index (χ4v) is 0. The van der Waals surface area contributed by atoms with Crippen molar-refractivity contribution in [1.82, 2.24) is 0 Å². The summed E-state index contributed by atoms with van der Waals surface area (Å²) in [6.07, 6.45) is 0. The van der Waals surface area contributed by atoms with Crippen LogP contribution in [-0.4, -0.2) is 0 Å². The summed E-state index contributed by atoms with van der Waals surface area (Å²) < 4.78 is 0. The number of hydrogen-bond acceptors (Lipinski definition) is 0. The van der Waals surface area contributed by atoms with Gasteiger partial charge in [0.05, 0.1) is 0 Å². The molecule has 0 aliphatic heterocycles. The highest BCUT2D eigenvalue weighted by atomic mass is 32.1. The highest BCUT2D eigenvalue weighted by Crippen LogP contribution is 0.861. The van der Waals surface area contributed by atoms with Gasteiger partial charge in [-0.3, -0.25) is 0 Å². The van der Waals surface area contributed by atoms with Gasteiger partial charge in [-0.15, -0.1) is 0 Å². The van der Waals surface area contributed by atoms with Gasteiger partial charge in [0.25, 0.3) is 0 Å². The van der Waals surface area contributed by atoms with E-state index in [9.17, 15) is 0 Å². The topological polar surface area (TPSA) is 0 Å². The Morgan fingerprint density at radius 1 is 0.400 bits per heavy atom. The highest BCUT2D eigenvalue weighted by Gasteiger charge is 0.0000206. The van der Waals surface area contributed by atoms with Crippen molar-refractivity contribution in [3.05, 3.63) is 0 Å². The maximum Gasteiger partial charge on any atom is 0 e. The van der Waals surface area contributed by atoms with Gasteiger partial charge in [-0.1, -0.05) is 0 Å². The zero-order valence-corrected chi connectivity index (χ0v) is 7.34. The van der Waals surface area contributed by atoms with E-state index in [1.165, 1.54) is 0 Å². The molecule has 0 bridgehead atoms. The molecule has 0 amide bonds. The second-order valence-electron chi connectivity index (χ2n) is 0. The molecular formula is H8PS4. The minimum atomic E-state index is 0. The quantitative estimate of drug-likeness (QED) is 0.477. The Kier molecular flexibility index (Phi) is 563. The molecule has 3 radical (unpaired) electrons. The molecule has 5 heavy (non-hydrogen) atoms. The minimum absolute atomic E-state index is 0. The molecular weight excluding hydrogens is 159 g/mol. The maximum absolute atomic E-state index is 0. The van der Waals surface area contributed by atoms with Crippen molar-refractivity contribution in [2.75, 3.05) is 0 Å². The Bertz CT molecular complexity index is 3.61. The summed E-state index contributed by atoms with van der Waals surface area (Å²) in [5.41, 5.74) is 0.